The lowest BCUT2D eigenvalue weighted by molar-refractivity contribution is -0.146. The zero-order valence-electron chi connectivity index (χ0n) is 10.7. The molecule has 19 heavy (non-hydrogen) atoms. The molecular formula is C13H14ClNO4. The summed E-state index contributed by atoms with van der Waals surface area (Å²) in [7, 11) is 0. The molecule has 0 N–H and O–H groups in total. The zero-order valence-corrected chi connectivity index (χ0v) is 11.4. The largest absolute Gasteiger partial charge is 0.482 e. The van der Waals surface area contributed by atoms with Crippen LogP contribution >= 0.6 is 11.6 Å². The van der Waals surface area contributed by atoms with Crippen molar-refractivity contribution >= 4 is 29.2 Å². The molecular weight excluding hydrogens is 270 g/mol. The third-order valence-corrected chi connectivity index (χ3v) is 2.75. The Balaban J connectivity index is 2.23. The van der Waals surface area contributed by atoms with Gasteiger partial charge in [0.25, 0.3) is 5.91 Å². The Hall–Kier alpha value is -1.75. The summed E-state index contributed by atoms with van der Waals surface area (Å²) in [6.45, 7) is 3.27. The molecule has 0 unspecified atom stereocenters. The van der Waals surface area contributed by atoms with Crippen LogP contribution in [0.2, 0.25) is 5.02 Å². The van der Waals surface area contributed by atoms with Gasteiger partial charge in [0.1, 0.15) is 12.3 Å². The second-order valence-corrected chi connectivity index (χ2v) is 4.86. The topological polar surface area (TPSA) is 55.8 Å². The monoisotopic (exact) mass is 283 g/mol. The molecule has 0 radical (unpaired) electrons. The Labute approximate surface area is 116 Å². The molecule has 1 aromatic rings. The maximum Gasteiger partial charge on any atom is 0.326 e. The Morgan fingerprint density at radius 3 is 2.95 bits per heavy atom. The van der Waals surface area contributed by atoms with E-state index < -0.39 is 5.97 Å². The normalized spacial score (nSPS) is 14.1. The average molecular weight is 284 g/mol. The summed E-state index contributed by atoms with van der Waals surface area (Å²) >= 11 is 5.90. The lowest BCUT2D eigenvalue weighted by Gasteiger charge is -2.28. The first-order valence-corrected chi connectivity index (χ1v) is 6.27. The molecule has 0 saturated heterocycles. The summed E-state index contributed by atoms with van der Waals surface area (Å²) < 4.78 is 10.3. The number of halogens is 1. The number of fused-ring (bicyclic) bond motifs is 1. The standard InChI is InChI=1S/C13H14ClNO4/c1-8(2)19-13(17)6-15-10-5-9(14)3-4-11(10)18-7-12(15)16/h3-5,8H,6-7H2,1-2H3. The number of amides is 1. The molecule has 0 spiro atoms. The van der Waals surface area contributed by atoms with E-state index in [2.05, 4.69) is 0 Å². The second-order valence-electron chi connectivity index (χ2n) is 4.42. The fourth-order valence-electron chi connectivity index (χ4n) is 1.78. The number of esters is 1. The number of hydrogen-bond donors (Lipinski definition) is 0. The van der Waals surface area contributed by atoms with Gasteiger partial charge in [0.2, 0.25) is 0 Å². The van der Waals surface area contributed by atoms with Gasteiger partial charge in [0.05, 0.1) is 11.8 Å². The van der Waals surface area contributed by atoms with Crippen molar-refractivity contribution < 1.29 is 19.1 Å². The highest BCUT2D eigenvalue weighted by Gasteiger charge is 2.28. The van der Waals surface area contributed by atoms with Crippen LogP contribution in [-0.4, -0.2) is 31.1 Å². The number of benzene rings is 1. The second kappa shape index (κ2) is 5.48. The van der Waals surface area contributed by atoms with Gasteiger partial charge in [-0.05, 0) is 32.0 Å². The number of rotatable bonds is 3. The van der Waals surface area contributed by atoms with E-state index in [4.69, 9.17) is 21.1 Å². The highest BCUT2D eigenvalue weighted by molar-refractivity contribution is 6.31. The van der Waals surface area contributed by atoms with Crippen LogP contribution in [0.25, 0.3) is 0 Å². The molecule has 0 atom stereocenters. The Bertz CT molecular complexity index is 515. The Morgan fingerprint density at radius 1 is 1.53 bits per heavy atom. The lowest BCUT2D eigenvalue weighted by atomic mass is 10.2. The Kier molecular flexibility index (Phi) is 3.95. The van der Waals surface area contributed by atoms with Crippen LogP contribution in [0.15, 0.2) is 18.2 Å². The predicted molar refractivity (Wildman–Crippen MR) is 70.5 cm³/mol. The molecule has 0 saturated carbocycles. The van der Waals surface area contributed by atoms with Gasteiger partial charge in [-0.15, -0.1) is 0 Å². The number of anilines is 1. The van der Waals surface area contributed by atoms with E-state index in [1.807, 2.05) is 0 Å². The number of hydrogen-bond acceptors (Lipinski definition) is 4. The summed E-state index contributed by atoms with van der Waals surface area (Å²) in [6, 6.07) is 4.93. The van der Waals surface area contributed by atoms with Gasteiger partial charge in [0, 0.05) is 5.02 Å². The summed E-state index contributed by atoms with van der Waals surface area (Å²) in [5, 5.41) is 0.472. The van der Waals surface area contributed by atoms with Gasteiger partial charge in [-0.25, -0.2) is 0 Å². The van der Waals surface area contributed by atoms with Gasteiger partial charge in [-0.2, -0.15) is 0 Å². The van der Waals surface area contributed by atoms with Crippen LogP contribution in [0, 0.1) is 0 Å². The van der Waals surface area contributed by atoms with Crippen LogP contribution in [0.1, 0.15) is 13.8 Å². The molecule has 1 aromatic carbocycles. The van der Waals surface area contributed by atoms with Crippen molar-refractivity contribution in [2.45, 2.75) is 20.0 Å². The zero-order chi connectivity index (χ0) is 14.0. The van der Waals surface area contributed by atoms with Crippen molar-refractivity contribution in [3.05, 3.63) is 23.2 Å². The van der Waals surface area contributed by atoms with Crippen molar-refractivity contribution in [1.29, 1.82) is 0 Å². The van der Waals surface area contributed by atoms with Gasteiger partial charge >= 0.3 is 5.97 Å². The van der Waals surface area contributed by atoms with Crippen LogP contribution in [0.4, 0.5) is 5.69 Å². The minimum absolute atomic E-state index is 0.0937. The van der Waals surface area contributed by atoms with Crippen molar-refractivity contribution in [2.24, 2.45) is 0 Å². The minimum Gasteiger partial charge on any atom is -0.482 e. The van der Waals surface area contributed by atoms with Gasteiger partial charge in [0.15, 0.2) is 6.61 Å². The third-order valence-electron chi connectivity index (χ3n) is 2.52. The summed E-state index contributed by atoms with van der Waals surface area (Å²) in [5.41, 5.74) is 0.490. The smallest absolute Gasteiger partial charge is 0.326 e. The van der Waals surface area contributed by atoms with Crippen molar-refractivity contribution in [2.75, 3.05) is 18.1 Å². The fraction of sp³-hybridized carbons (Fsp3) is 0.385. The molecule has 0 aliphatic carbocycles. The third kappa shape index (κ3) is 3.17. The molecule has 1 aliphatic rings. The molecule has 1 heterocycles. The molecule has 1 amide bonds. The molecule has 0 bridgehead atoms. The molecule has 0 fully saturated rings. The summed E-state index contributed by atoms with van der Waals surface area (Å²) in [5.74, 6) is -0.229. The van der Waals surface area contributed by atoms with E-state index >= 15 is 0 Å². The van der Waals surface area contributed by atoms with E-state index in [0.29, 0.717) is 16.5 Å². The minimum atomic E-state index is -0.462. The van der Waals surface area contributed by atoms with Gasteiger partial charge in [-0.3, -0.25) is 14.5 Å². The van der Waals surface area contributed by atoms with Crippen LogP contribution in [0.5, 0.6) is 5.75 Å². The number of ether oxygens (including phenoxy) is 2. The molecule has 1 aliphatic heterocycles. The first kappa shape index (κ1) is 13.7. The van der Waals surface area contributed by atoms with Crippen LogP contribution in [-0.2, 0) is 14.3 Å². The lowest BCUT2D eigenvalue weighted by Crippen LogP contribution is -2.42. The van der Waals surface area contributed by atoms with Crippen LogP contribution in [0.3, 0.4) is 0 Å². The quantitative estimate of drug-likeness (QED) is 0.797. The average Bonchev–Trinajstić information content (AvgIpc) is 2.32. The van der Waals surface area contributed by atoms with E-state index in [-0.39, 0.29) is 25.2 Å². The first-order chi connectivity index (χ1) is 8.97. The highest BCUT2D eigenvalue weighted by atomic mass is 35.5. The number of nitrogens with zero attached hydrogens (tertiary/aromatic N) is 1. The van der Waals surface area contributed by atoms with E-state index in [1.165, 1.54) is 4.90 Å². The van der Waals surface area contributed by atoms with E-state index in [9.17, 15) is 9.59 Å². The van der Waals surface area contributed by atoms with Gasteiger partial charge < -0.3 is 9.47 Å². The summed E-state index contributed by atoms with van der Waals surface area (Å²) in [6.07, 6.45) is -0.220. The van der Waals surface area contributed by atoms with E-state index in [1.54, 1.807) is 32.0 Å². The van der Waals surface area contributed by atoms with Crippen LogP contribution < -0.4 is 9.64 Å². The number of carbonyl (C=O) groups is 2. The SMILES string of the molecule is CC(C)OC(=O)CN1C(=O)COc2ccc(Cl)cc21. The Morgan fingerprint density at radius 2 is 2.26 bits per heavy atom. The first-order valence-electron chi connectivity index (χ1n) is 5.89. The molecule has 2 rings (SSSR count). The maximum absolute atomic E-state index is 11.8. The molecule has 0 aromatic heterocycles. The molecule has 5 nitrogen and oxygen atoms in total. The van der Waals surface area contributed by atoms with Crippen molar-refractivity contribution in [3.8, 4) is 5.75 Å². The summed E-state index contributed by atoms with van der Waals surface area (Å²) in [4.78, 5) is 24.8. The van der Waals surface area contributed by atoms with E-state index in [0.717, 1.165) is 0 Å². The molecule has 102 valence electrons. The number of carbonyl (C=O) groups excluding carboxylic acids is 2. The maximum atomic E-state index is 11.8. The molecule has 6 heteroatoms. The highest BCUT2D eigenvalue weighted by Crippen LogP contribution is 2.34. The predicted octanol–water partition coefficient (Wildman–Crippen LogP) is 2.02. The fourth-order valence-corrected chi connectivity index (χ4v) is 1.94. The van der Waals surface area contributed by atoms with Crippen molar-refractivity contribution in [1.82, 2.24) is 0 Å². The van der Waals surface area contributed by atoms with Crippen molar-refractivity contribution in [3.63, 3.8) is 0 Å². The van der Waals surface area contributed by atoms with Gasteiger partial charge in [-0.1, -0.05) is 11.6 Å².